The van der Waals surface area contributed by atoms with Gasteiger partial charge in [-0.05, 0) is 49.4 Å². The predicted octanol–water partition coefficient (Wildman–Crippen LogP) is 1.86. The van der Waals surface area contributed by atoms with Crippen LogP contribution in [0.25, 0.3) is 17.1 Å². The summed E-state index contributed by atoms with van der Waals surface area (Å²) in [7, 11) is 3.36. The van der Waals surface area contributed by atoms with Crippen molar-refractivity contribution in [2.24, 2.45) is 14.1 Å². The van der Waals surface area contributed by atoms with Gasteiger partial charge in [0.05, 0.1) is 22.5 Å². The molecule has 3 rings (SSSR count). The number of carbonyl (C=O) groups is 3. The first-order valence-electron chi connectivity index (χ1n) is 8.35. The highest BCUT2D eigenvalue weighted by atomic mass is 32.2. The number of aryl methyl sites for hydroxylation is 2. The number of hydrogen-bond donors (Lipinski definition) is 0. The molecule has 8 nitrogen and oxygen atoms in total. The van der Waals surface area contributed by atoms with E-state index in [4.69, 9.17) is 4.74 Å². The number of aromatic nitrogens is 2. The molecule has 1 fully saturated rings. The van der Waals surface area contributed by atoms with Gasteiger partial charge in [0.25, 0.3) is 11.1 Å². The van der Waals surface area contributed by atoms with Crippen LogP contribution in [-0.2, 0) is 28.4 Å². The van der Waals surface area contributed by atoms with Crippen LogP contribution in [0.3, 0.4) is 0 Å². The lowest BCUT2D eigenvalue weighted by Crippen LogP contribution is -2.42. The fourth-order valence-corrected chi connectivity index (χ4v) is 3.86. The van der Waals surface area contributed by atoms with Crippen LogP contribution in [0, 0.1) is 0 Å². The molecule has 1 aromatic carbocycles. The Bertz CT molecular complexity index is 1050. The molecule has 142 valence electrons. The summed E-state index contributed by atoms with van der Waals surface area (Å²) in [5.74, 6) is -1.16. The third-order valence-corrected chi connectivity index (χ3v) is 5.32. The monoisotopic (exact) mass is 389 g/mol. The van der Waals surface area contributed by atoms with Crippen molar-refractivity contribution in [2.75, 3.05) is 6.61 Å². The van der Waals surface area contributed by atoms with Gasteiger partial charge >= 0.3 is 11.7 Å². The summed E-state index contributed by atoms with van der Waals surface area (Å²) in [6.07, 6.45) is 1.58. The summed E-state index contributed by atoms with van der Waals surface area (Å²) >= 11 is 0.775. The normalized spacial score (nSPS) is 17.2. The van der Waals surface area contributed by atoms with E-state index in [1.54, 1.807) is 45.3 Å². The number of ether oxygens (including phenoxy) is 1. The highest BCUT2D eigenvalue weighted by Gasteiger charge is 2.41. The van der Waals surface area contributed by atoms with Gasteiger partial charge in [0.15, 0.2) is 0 Å². The van der Waals surface area contributed by atoms with Crippen molar-refractivity contribution in [1.82, 2.24) is 14.0 Å². The molecule has 1 aliphatic heterocycles. The zero-order valence-corrected chi connectivity index (χ0v) is 16.2. The third kappa shape index (κ3) is 3.18. The summed E-state index contributed by atoms with van der Waals surface area (Å²) in [6.45, 7) is 3.29. The second-order valence-corrected chi connectivity index (χ2v) is 7.12. The minimum atomic E-state index is -0.985. The van der Waals surface area contributed by atoms with E-state index >= 15 is 0 Å². The van der Waals surface area contributed by atoms with Gasteiger partial charge in [-0.3, -0.25) is 23.6 Å². The number of fused-ring (bicyclic) bond motifs is 1. The van der Waals surface area contributed by atoms with E-state index in [0.717, 1.165) is 27.7 Å². The van der Waals surface area contributed by atoms with Crippen molar-refractivity contribution in [3.63, 3.8) is 0 Å². The minimum Gasteiger partial charge on any atom is -0.464 e. The smallest absolute Gasteiger partial charge is 0.329 e. The predicted molar refractivity (Wildman–Crippen MR) is 102 cm³/mol. The Morgan fingerprint density at radius 1 is 1.19 bits per heavy atom. The Kier molecular flexibility index (Phi) is 4.97. The van der Waals surface area contributed by atoms with Crippen molar-refractivity contribution in [1.29, 1.82) is 0 Å². The number of thioether (sulfide) groups is 1. The highest BCUT2D eigenvalue weighted by molar-refractivity contribution is 8.18. The van der Waals surface area contributed by atoms with E-state index < -0.39 is 23.2 Å². The maximum Gasteiger partial charge on any atom is 0.329 e. The van der Waals surface area contributed by atoms with Crippen LogP contribution in [0.2, 0.25) is 0 Å². The summed E-state index contributed by atoms with van der Waals surface area (Å²) < 4.78 is 7.94. The number of benzene rings is 1. The molecule has 1 atom stereocenters. The number of hydrogen-bond acceptors (Lipinski definition) is 6. The zero-order valence-electron chi connectivity index (χ0n) is 15.4. The standard InChI is InChI=1S/C18H19N3O5S/c1-5-26-16(23)10(2)21-15(22)14(27-18(21)25)9-11-6-7-12-13(8-11)20(4)17(24)19(12)3/h6-10H,5H2,1-4H3/b14-9+/t10-/m1/s1. The number of rotatable bonds is 4. The van der Waals surface area contributed by atoms with Crippen molar-refractivity contribution >= 4 is 46.0 Å². The molecule has 0 radical (unpaired) electrons. The molecule has 27 heavy (non-hydrogen) atoms. The van der Waals surface area contributed by atoms with E-state index in [-0.39, 0.29) is 17.2 Å². The average molecular weight is 389 g/mol. The van der Waals surface area contributed by atoms with Gasteiger partial charge in [0.1, 0.15) is 6.04 Å². The lowest BCUT2D eigenvalue weighted by atomic mass is 10.1. The number of esters is 1. The van der Waals surface area contributed by atoms with Crippen LogP contribution in [0.4, 0.5) is 4.79 Å². The first kappa shape index (κ1) is 19.0. The topological polar surface area (TPSA) is 90.6 Å². The van der Waals surface area contributed by atoms with Crippen LogP contribution in [0.5, 0.6) is 0 Å². The van der Waals surface area contributed by atoms with Gasteiger partial charge in [-0.15, -0.1) is 0 Å². The fraction of sp³-hybridized carbons (Fsp3) is 0.333. The molecule has 2 aromatic rings. The van der Waals surface area contributed by atoms with Gasteiger partial charge in [-0.2, -0.15) is 0 Å². The lowest BCUT2D eigenvalue weighted by molar-refractivity contribution is -0.150. The zero-order chi connectivity index (χ0) is 19.9. The Hall–Kier alpha value is -2.81. The number of carbonyl (C=O) groups excluding carboxylic acids is 3. The van der Waals surface area contributed by atoms with Crippen LogP contribution in [0.1, 0.15) is 19.4 Å². The average Bonchev–Trinajstić information content (AvgIpc) is 3.03. The summed E-state index contributed by atoms with van der Waals surface area (Å²) in [5, 5.41) is -0.514. The Balaban J connectivity index is 1.94. The van der Waals surface area contributed by atoms with E-state index in [0.29, 0.717) is 5.56 Å². The van der Waals surface area contributed by atoms with E-state index in [2.05, 4.69) is 0 Å². The number of amides is 2. The molecule has 0 N–H and O–H groups in total. The second-order valence-electron chi connectivity index (χ2n) is 6.13. The second kappa shape index (κ2) is 7.07. The van der Waals surface area contributed by atoms with Gasteiger partial charge in [0.2, 0.25) is 0 Å². The third-order valence-electron chi connectivity index (χ3n) is 4.43. The van der Waals surface area contributed by atoms with E-state index in [9.17, 15) is 19.2 Å². The quantitative estimate of drug-likeness (QED) is 0.586. The first-order valence-corrected chi connectivity index (χ1v) is 9.17. The van der Waals surface area contributed by atoms with Crippen molar-refractivity contribution < 1.29 is 19.1 Å². The summed E-state index contributed by atoms with van der Waals surface area (Å²) in [6, 6.07) is 4.35. The molecule has 0 spiro atoms. The number of nitrogens with zero attached hydrogens (tertiary/aromatic N) is 3. The van der Waals surface area contributed by atoms with Crippen molar-refractivity contribution in [2.45, 2.75) is 19.9 Å². The van der Waals surface area contributed by atoms with Gasteiger partial charge < -0.3 is 4.74 Å². The maximum absolute atomic E-state index is 12.6. The molecule has 0 bridgehead atoms. The van der Waals surface area contributed by atoms with Crippen LogP contribution < -0.4 is 5.69 Å². The molecule has 0 aliphatic carbocycles. The number of imide groups is 1. The molecule has 2 heterocycles. The molecule has 0 unspecified atom stereocenters. The molecular weight excluding hydrogens is 370 g/mol. The Labute approximate surface area is 159 Å². The molecule has 1 aliphatic rings. The lowest BCUT2D eigenvalue weighted by Gasteiger charge is -2.19. The molecule has 1 aromatic heterocycles. The van der Waals surface area contributed by atoms with E-state index in [1.807, 2.05) is 0 Å². The summed E-state index contributed by atoms with van der Waals surface area (Å²) in [5.41, 5.74) is 2.02. The fourth-order valence-electron chi connectivity index (χ4n) is 2.95. The molecule has 0 saturated carbocycles. The van der Waals surface area contributed by atoms with Crippen LogP contribution in [-0.4, -0.2) is 43.8 Å². The Morgan fingerprint density at radius 2 is 1.85 bits per heavy atom. The van der Waals surface area contributed by atoms with Crippen molar-refractivity contribution in [3.05, 3.63) is 39.2 Å². The van der Waals surface area contributed by atoms with Crippen LogP contribution in [0.15, 0.2) is 27.9 Å². The molecule has 2 amide bonds. The minimum absolute atomic E-state index is 0.147. The summed E-state index contributed by atoms with van der Waals surface area (Å²) in [4.78, 5) is 49.9. The number of imidazole rings is 1. The molecule has 9 heteroatoms. The van der Waals surface area contributed by atoms with E-state index in [1.165, 1.54) is 16.1 Å². The molecule has 1 saturated heterocycles. The van der Waals surface area contributed by atoms with Crippen LogP contribution >= 0.6 is 11.8 Å². The highest BCUT2D eigenvalue weighted by Crippen LogP contribution is 2.34. The maximum atomic E-state index is 12.6. The van der Waals surface area contributed by atoms with Gasteiger partial charge in [-0.1, -0.05) is 6.07 Å². The van der Waals surface area contributed by atoms with Gasteiger partial charge in [-0.25, -0.2) is 9.59 Å². The Morgan fingerprint density at radius 3 is 2.52 bits per heavy atom. The first-order chi connectivity index (χ1) is 12.8. The largest absolute Gasteiger partial charge is 0.464 e. The molecular formula is C18H19N3O5S. The van der Waals surface area contributed by atoms with Gasteiger partial charge in [0, 0.05) is 14.1 Å². The SMILES string of the molecule is CCOC(=O)[C@@H](C)N1C(=O)S/C(=C/c2ccc3c(c2)n(C)c(=O)n3C)C1=O. The van der Waals surface area contributed by atoms with Crippen molar-refractivity contribution in [3.8, 4) is 0 Å².